The Morgan fingerprint density at radius 3 is 2.47 bits per heavy atom. The minimum Gasteiger partial charge on any atom is -0.733 e. The first-order chi connectivity index (χ1) is 7.18. The van der Waals surface area contributed by atoms with Crippen LogP contribution in [0.25, 0.3) is 0 Å². The van der Waals surface area contributed by atoms with E-state index in [0.717, 1.165) is 5.69 Å². The first kappa shape index (κ1) is 10.2. The normalized spacial score (nSPS) is 16.0. The first-order valence-corrected chi connectivity index (χ1v) is 4.70. The van der Waals surface area contributed by atoms with E-state index in [2.05, 4.69) is 0 Å². The monoisotopic (exact) mass is 223 g/mol. The van der Waals surface area contributed by atoms with Gasteiger partial charge < -0.3 is 10.4 Å². The molecular formula is C9H9N3O2S+. The Hall–Kier alpha value is -1.31. The molecule has 1 aliphatic rings. The van der Waals surface area contributed by atoms with Crippen LogP contribution >= 0.6 is 12.2 Å². The maximum atomic E-state index is 10.6. The molecule has 3 N–H and O–H groups in total. The van der Waals surface area contributed by atoms with E-state index in [0.29, 0.717) is 5.11 Å². The zero-order valence-corrected chi connectivity index (χ0v) is 8.52. The van der Waals surface area contributed by atoms with Crippen molar-refractivity contribution in [1.29, 1.82) is 0 Å². The molecule has 0 amide bonds. The van der Waals surface area contributed by atoms with Crippen LogP contribution in [0.15, 0.2) is 36.7 Å². The number of benzene rings is 1. The average molecular weight is 223 g/mol. The molecule has 77 valence electrons. The zero-order valence-electron chi connectivity index (χ0n) is 7.70. The van der Waals surface area contributed by atoms with E-state index in [4.69, 9.17) is 17.4 Å². The molecule has 0 saturated heterocycles. The van der Waals surface area contributed by atoms with Crippen LogP contribution in [0.3, 0.4) is 0 Å². The van der Waals surface area contributed by atoms with Crippen molar-refractivity contribution in [2.75, 3.05) is 5.23 Å². The summed E-state index contributed by atoms with van der Waals surface area (Å²) < 4.78 is 0. The van der Waals surface area contributed by atoms with E-state index >= 15 is 0 Å². The molecule has 2 rings (SSSR count). The Balaban J connectivity index is 2.23. The van der Waals surface area contributed by atoms with Crippen molar-refractivity contribution in [3.05, 3.63) is 41.9 Å². The molecule has 0 saturated carbocycles. The van der Waals surface area contributed by atoms with Gasteiger partial charge in [0.15, 0.2) is 11.9 Å². The number of nitrogens with zero attached hydrogens (tertiary/aromatic N) is 2. The topological polar surface area (TPSA) is 69.0 Å². The fourth-order valence-electron chi connectivity index (χ4n) is 1.32. The van der Waals surface area contributed by atoms with Crippen LogP contribution in [-0.2, 0) is 0 Å². The van der Waals surface area contributed by atoms with Crippen LogP contribution in [-0.4, -0.2) is 10.3 Å². The summed E-state index contributed by atoms with van der Waals surface area (Å²) in [6, 6.07) is 6.48. The summed E-state index contributed by atoms with van der Waals surface area (Å²) in [7, 11) is 0. The predicted octanol–water partition coefficient (Wildman–Crippen LogP) is 0.485. The average Bonchev–Trinajstić information content (AvgIpc) is 2.65. The number of rotatable bonds is 2. The van der Waals surface area contributed by atoms with E-state index in [1.165, 1.54) is 12.1 Å². The van der Waals surface area contributed by atoms with Gasteiger partial charge >= 0.3 is 5.11 Å². The summed E-state index contributed by atoms with van der Waals surface area (Å²) in [5.74, 6) is 0. The molecule has 1 aliphatic heterocycles. The highest BCUT2D eigenvalue weighted by atomic mass is 32.1. The summed E-state index contributed by atoms with van der Waals surface area (Å²) in [5.41, 5.74) is 1.05. The van der Waals surface area contributed by atoms with Gasteiger partial charge in [-0.25, -0.2) is 5.32 Å². The summed E-state index contributed by atoms with van der Waals surface area (Å²) in [6.45, 7) is 0. The molecule has 1 heterocycles. The van der Waals surface area contributed by atoms with Crippen LogP contribution in [0.5, 0.6) is 0 Å². The highest BCUT2D eigenvalue weighted by Gasteiger charge is 2.31. The van der Waals surface area contributed by atoms with Gasteiger partial charge in [-0.3, -0.25) is 5.21 Å². The molecule has 0 spiro atoms. The lowest BCUT2D eigenvalue weighted by Gasteiger charge is -2.20. The van der Waals surface area contributed by atoms with Crippen molar-refractivity contribution in [3.63, 3.8) is 0 Å². The van der Waals surface area contributed by atoms with Gasteiger partial charge in [0.05, 0.1) is 17.9 Å². The van der Waals surface area contributed by atoms with Gasteiger partial charge in [-0.05, 0) is 17.0 Å². The molecule has 1 aromatic rings. The summed E-state index contributed by atoms with van der Waals surface area (Å²) in [4.78, 5) is 1.81. The number of thiocarbonyl (C=S) groups is 1. The molecule has 1 aromatic carbocycles. The molecule has 0 aromatic heterocycles. The smallest absolute Gasteiger partial charge is 0.426 e. The van der Waals surface area contributed by atoms with Gasteiger partial charge in [-0.2, -0.15) is 0 Å². The van der Waals surface area contributed by atoms with Crippen molar-refractivity contribution in [2.24, 2.45) is 0 Å². The Bertz CT molecular complexity index is 402. The molecule has 0 bridgehead atoms. The molecule has 0 aliphatic carbocycles. The fraction of sp³-hybridized carbons (Fsp3) is 0. The lowest BCUT2D eigenvalue weighted by Crippen LogP contribution is -2.82. The van der Waals surface area contributed by atoms with E-state index in [9.17, 15) is 5.21 Å². The Morgan fingerprint density at radius 1 is 1.33 bits per heavy atom. The molecule has 0 fully saturated rings. The van der Waals surface area contributed by atoms with Crippen molar-refractivity contribution in [2.45, 2.75) is 0 Å². The number of hydrogen-bond acceptors (Lipinski definition) is 4. The van der Waals surface area contributed by atoms with Crippen LogP contribution in [0.1, 0.15) is 0 Å². The molecule has 6 heteroatoms. The maximum absolute atomic E-state index is 10.6. The predicted molar refractivity (Wildman–Crippen MR) is 59.5 cm³/mol. The Labute approximate surface area is 91.8 Å². The molecule has 0 atom stereocenters. The second-order valence-corrected chi connectivity index (χ2v) is 3.42. The van der Waals surface area contributed by atoms with E-state index in [-0.39, 0.29) is 10.9 Å². The first-order valence-electron chi connectivity index (χ1n) is 4.29. The SMILES string of the molecule is [O-]N(O)c1ccc([N+]2C=C[NH2+]C2=S)cc1. The fourth-order valence-corrected chi connectivity index (χ4v) is 1.56. The van der Waals surface area contributed by atoms with E-state index < -0.39 is 0 Å². The molecular weight excluding hydrogens is 214 g/mol. The van der Waals surface area contributed by atoms with Gasteiger partial charge in [0.25, 0.3) is 0 Å². The molecule has 15 heavy (non-hydrogen) atoms. The second-order valence-electron chi connectivity index (χ2n) is 3.01. The largest absolute Gasteiger partial charge is 0.733 e. The number of hydrogen-bond donors (Lipinski definition) is 2. The van der Waals surface area contributed by atoms with Gasteiger partial charge in [0, 0.05) is 12.1 Å². The quantitative estimate of drug-likeness (QED) is 0.435. The minimum absolute atomic E-state index is 0.173. The van der Waals surface area contributed by atoms with E-state index in [1.807, 2.05) is 22.6 Å². The Morgan fingerprint density at radius 2 is 2.00 bits per heavy atom. The highest BCUT2D eigenvalue weighted by molar-refractivity contribution is 7.79. The maximum Gasteiger partial charge on any atom is 0.426 e. The molecule has 5 nitrogen and oxygen atoms in total. The van der Waals surface area contributed by atoms with Gasteiger partial charge in [0.2, 0.25) is 6.20 Å². The van der Waals surface area contributed by atoms with Crippen LogP contribution in [0.2, 0.25) is 0 Å². The lowest BCUT2D eigenvalue weighted by molar-refractivity contribution is -0.455. The number of nitrogens with two attached hydrogens (primary N) is 1. The number of quaternary nitrogens is 1. The highest BCUT2D eigenvalue weighted by Crippen LogP contribution is 2.19. The third-order valence-electron chi connectivity index (χ3n) is 2.06. The van der Waals surface area contributed by atoms with E-state index in [1.54, 1.807) is 12.1 Å². The van der Waals surface area contributed by atoms with Crippen molar-refractivity contribution < 1.29 is 10.5 Å². The van der Waals surface area contributed by atoms with Crippen LogP contribution in [0.4, 0.5) is 11.4 Å². The third-order valence-corrected chi connectivity index (χ3v) is 2.39. The summed E-state index contributed by atoms with van der Waals surface area (Å²) in [5, 5.41) is 21.5. The Kier molecular flexibility index (Phi) is 2.76. The minimum atomic E-state index is -0.173. The van der Waals surface area contributed by atoms with Gasteiger partial charge in [-0.1, -0.05) is 0 Å². The standard InChI is InChI=1S/C9H8N3O2S/c13-12(14)8-3-1-7(2-4-8)11-6-5-10-9(11)15/h1-6,13H,(H,10,15)/p+1. The van der Waals surface area contributed by atoms with Gasteiger partial charge in [-0.15, -0.1) is 0 Å². The lowest BCUT2D eigenvalue weighted by atomic mass is 10.2. The zero-order chi connectivity index (χ0) is 10.8. The van der Waals surface area contributed by atoms with Crippen LogP contribution in [0, 0.1) is 5.21 Å². The van der Waals surface area contributed by atoms with Crippen molar-refractivity contribution in [1.82, 2.24) is 4.90 Å². The second kappa shape index (κ2) is 4.05. The van der Waals surface area contributed by atoms with Crippen molar-refractivity contribution >= 4 is 28.7 Å². The van der Waals surface area contributed by atoms with Gasteiger partial charge in [0.1, 0.15) is 0 Å². The number of anilines is 2. The summed E-state index contributed by atoms with van der Waals surface area (Å²) in [6.07, 6.45) is 3.69. The molecule has 1 radical (unpaired) electrons. The van der Waals surface area contributed by atoms with Crippen molar-refractivity contribution in [3.8, 4) is 0 Å². The molecule has 0 unspecified atom stereocenters. The summed E-state index contributed by atoms with van der Waals surface area (Å²) >= 11 is 5.09. The van der Waals surface area contributed by atoms with Crippen LogP contribution < -0.4 is 15.4 Å². The third kappa shape index (κ3) is 2.04.